The third kappa shape index (κ3) is 2.87. The maximum Gasteiger partial charge on any atom is 0.165 e. The molecule has 1 saturated heterocycles. The van der Waals surface area contributed by atoms with Crippen molar-refractivity contribution < 1.29 is 9.50 Å². The first kappa shape index (κ1) is 16.0. The minimum atomic E-state index is -0.314. The summed E-state index contributed by atoms with van der Waals surface area (Å²) in [6.07, 6.45) is 1.48. The lowest BCUT2D eigenvalue weighted by molar-refractivity contribution is 0.153. The molecule has 25 heavy (non-hydrogen) atoms. The maximum absolute atomic E-state index is 13.3. The summed E-state index contributed by atoms with van der Waals surface area (Å²) < 4.78 is 15.1. The van der Waals surface area contributed by atoms with Crippen molar-refractivity contribution in [1.29, 1.82) is 0 Å². The molecule has 0 radical (unpaired) electrons. The van der Waals surface area contributed by atoms with Crippen molar-refractivity contribution in [2.75, 3.05) is 18.0 Å². The Morgan fingerprint density at radius 1 is 1.20 bits per heavy atom. The highest BCUT2D eigenvalue weighted by Crippen LogP contribution is 2.31. The number of fused-ring (bicyclic) bond motifs is 1. The number of hydrogen-bond donors (Lipinski definition) is 1. The van der Waals surface area contributed by atoms with Crippen LogP contribution in [0.4, 0.5) is 10.2 Å². The first-order valence-electron chi connectivity index (χ1n) is 8.59. The molecule has 3 heterocycles. The van der Waals surface area contributed by atoms with E-state index in [1.54, 1.807) is 12.1 Å². The van der Waals surface area contributed by atoms with Gasteiger partial charge in [-0.15, -0.1) is 0 Å². The predicted octanol–water partition coefficient (Wildman–Crippen LogP) is 3.11. The van der Waals surface area contributed by atoms with Gasteiger partial charge in [-0.25, -0.2) is 9.37 Å². The minimum Gasteiger partial charge on any atom is -0.391 e. The highest BCUT2D eigenvalue weighted by atomic mass is 19.1. The topological polar surface area (TPSA) is 53.7 Å². The number of rotatable bonds is 2. The molecular formula is C19H21FN4O. The SMILES string of the molecule is Cc1cc(N2CCCC(O)C2)n2nc(C)c(-c3ccc(F)cc3)c2n1. The van der Waals surface area contributed by atoms with E-state index in [0.29, 0.717) is 6.54 Å². The molecule has 0 amide bonds. The summed E-state index contributed by atoms with van der Waals surface area (Å²) in [6, 6.07) is 8.43. The Morgan fingerprint density at radius 2 is 1.96 bits per heavy atom. The quantitative estimate of drug-likeness (QED) is 0.779. The van der Waals surface area contributed by atoms with Crippen LogP contribution in [0.3, 0.4) is 0 Å². The lowest BCUT2D eigenvalue weighted by Gasteiger charge is -2.32. The number of nitrogens with zero attached hydrogens (tertiary/aromatic N) is 4. The van der Waals surface area contributed by atoms with Crippen molar-refractivity contribution in [2.24, 2.45) is 0 Å². The van der Waals surface area contributed by atoms with Crippen LogP contribution in [0.1, 0.15) is 24.2 Å². The number of aromatic nitrogens is 3. The summed E-state index contributed by atoms with van der Waals surface area (Å²) in [6.45, 7) is 5.39. The Kier molecular flexibility index (Phi) is 3.92. The Hall–Kier alpha value is -2.47. The number of aliphatic hydroxyl groups is 1. The molecule has 2 aromatic heterocycles. The zero-order valence-electron chi connectivity index (χ0n) is 14.4. The molecule has 1 unspecified atom stereocenters. The van der Waals surface area contributed by atoms with Gasteiger partial charge in [-0.3, -0.25) is 0 Å². The van der Waals surface area contributed by atoms with Gasteiger partial charge in [0.05, 0.1) is 11.8 Å². The molecule has 1 aliphatic rings. The first-order valence-corrected chi connectivity index (χ1v) is 8.59. The molecule has 6 heteroatoms. The van der Waals surface area contributed by atoms with E-state index < -0.39 is 0 Å². The predicted molar refractivity (Wildman–Crippen MR) is 95.3 cm³/mol. The normalized spacial score (nSPS) is 18.1. The summed E-state index contributed by atoms with van der Waals surface area (Å²) in [5.41, 5.74) is 4.33. The fourth-order valence-corrected chi connectivity index (χ4v) is 3.57. The number of anilines is 1. The van der Waals surface area contributed by atoms with Crippen molar-refractivity contribution in [3.8, 4) is 11.1 Å². The fourth-order valence-electron chi connectivity index (χ4n) is 3.57. The van der Waals surface area contributed by atoms with Gasteiger partial charge in [-0.2, -0.15) is 9.61 Å². The number of benzene rings is 1. The van der Waals surface area contributed by atoms with Gasteiger partial charge in [0.15, 0.2) is 5.65 Å². The van der Waals surface area contributed by atoms with Gasteiger partial charge in [0.25, 0.3) is 0 Å². The van der Waals surface area contributed by atoms with Gasteiger partial charge >= 0.3 is 0 Å². The number of aliphatic hydroxyl groups excluding tert-OH is 1. The second kappa shape index (κ2) is 6.11. The van der Waals surface area contributed by atoms with Crippen molar-refractivity contribution in [1.82, 2.24) is 14.6 Å². The average molecular weight is 340 g/mol. The second-order valence-corrected chi connectivity index (χ2v) is 6.70. The summed E-state index contributed by atoms with van der Waals surface area (Å²) in [5, 5.41) is 14.7. The molecular weight excluding hydrogens is 319 g/mol. The number of aryl methyl sites for hydroxylation is 2. The summed E-state index contributed by atoms with van der Waals surface area (Å²) in [5.74, 6) is 0.683. The Balaban J connectivity index is 1.89. The molecule has 130 valence electrons. The summed E-state index contributed by atoms with van der Waals surface area (Å²) in [7, 11) is 0. The number of piperidine rings is 1. The van der Waals surface area contributed by atoms with E-state index in [0.717, 1.165) is 53.4 Å². The van der Waals surface area contributed by atoms with Gasteiger partial charge in [0, 0.05) is 30.4 Å². The third-order valence-corrected chi connectivity index (χ3v) is 4.73. The van der Waals surface area contributed by atoms with Gasteiger partial charge in [-0.1, -0.05) is 12.1 Å². The molecule has 0 saturated carbocycles. The minimum absolute atomic E-state index is 0.259. The van der Waals surface area contributed by atoms with Crippen LogP contribution in [0, 0.1) is 19.7 Å². The van der Waals surface area contributed by atoms with E-state index in [9.17, 15) is 9.50 Å². The van der Waals surface area contributed by atoms with Crippen molar-refractivity contribution in [2.45, 2.75) is 32.8 Å². The molecule has 1 aromatic carbocycles. The zero-order chi connectivity index (χ0) is 17.6. The molecule has 1 aliphatic heterocycles. The summed E-state index contributed by atoms with van der Waals surface area (Å²) >= 11 is 0. The van der Waals surface area contributed by atoms with Gasteiger partial charge in [-0.05, 0) is 44.4 Å². The van der Waals surface area contributed by atoms with Gasteiger partial charge in [0.1, 0.15) is 11.6 Å². The molecule has 4 rings (SSSR count). The lowest BCUT2D eigenvalue weighted by Crippen LogP contribution is -2.39. The second-order valence-electron chi connectivity index (χ2n) is 6.70. The molecule has 3 aromatic rings. The number of hydrogen-bond acceptors (Lipinski definition) is 4. The van der Waals surface area contributed by atoms with E-state index in [1.165, 1.54) is 12.1 Å². The van der Waals surface area contributed by atoms with E-state index in [2.05, 4.69) is 9.88 Å². The Labute approximate surface area is 145 Å². The van der Waals surface area contributed by atoms with Gasteiger partial charge in [0.2, 0.25) is 0 Å². The smallest absolute Gasteiger partial charge is 0.165 e. The number of β-amino-alcohol motifs (C(OH)–C–C–N with tert-alkyl or cyclic N) is 1. The molecule has 0 bridgehead atoms. The molecule has 0 aliphatic carbocycles. The van der Waals surface area contributed by atoms with Crippen molar-refractivity contribution in [3.63, 3.8) is 0 Å². The standard InChI is InChI=1S/C19H21FN4O/c1-12-10-17(23-9-3-4-16(25)11-23)24-19(21-12)18(13(2)22-24)14-5-7-15(20)8-6-14/h5-8,10,16,25H,3-4,9,11H2,1-2H3. The van der Waals surface area contributed by atoms with Crippen LogP contribution in [0.25, 0.3) is 16.8 Å². The van der Waals surface area contributed by atoms with Crippen molar-refractivity contribution in [3.05, 3.63) is 47.5 Å². The zero-order valence-corrected chi connectivity index (χ0v) is 14.4. The largest absolute Gasteiger partial charge is 0.391 e. The van der Waals surface area contributed by atoms with E-state index in [4.69, 9.17) is 5.10 Å². The van der Waals surface area contributed by atoms with Crippen LogP contribution in [-0.2, 0) is 0 Å². The molecule has 1 atom stereocenters. The lowest BCUT2D eigenvalue weighted by atomic mass is 10.1. The van der Waals surface area contributed by atoms with Crippen LogP contribution in [0.15, 0.2) is 30.3 Å². The third-order valence-electron chi connectivity index (χ3n) is 4.73. The van der Waals surface area contributed by atoms with E-state index >= 15 is 0 Å². The monoisotopic (exact) mass is 340 g/mol. The van der Waals surface area contributed by atoms with E-state index in [-0.39, 0.29) is 11.9 Å². The molecule has 0 spiro atoms. The first-order chi connectivity index (χ1) is 12.0. The molecule has 5 nitrogen and oxygen atoms in total. The Bertz CT molecular complexity index is 919. The van der Waals surface area contributed by atoms with Crippen LogP contribution in [-0.4, -0.2) is 38.9 Å². The Morgan fingerprint density at radius 3 is 2.68 bits per heavy atom. The van der Waals surface area contributed by atoms with E-state index in [1.807, 2.05) is 24.4 Å². The average Bonchev–Trinajstić information content (AvgIpc) is 2.91. The fraction of sp³-hybridized carbons (Fsp3) is 0.368. The highest BCUT2D eigenvalue weighted by Gasteiger charge is 2.23. The highest BCUT2D eigenvalue weighted by molar-refractivity contribution is 5.81. The van der Waals surface area contributed by atoms with Crippen molar-refractivity contribution >= 4 is 11.5 Å². The maximum atomic E-state index is 13.3. The molecule has 1 fully saturated rings. The summed E-state index contributed by atoms with van der Waals surface area (Å²) in [4.78, 5) is 6.85. The van der Waals surface area contributed by atoms with Crippen LogP contribution in [0.5, 0.6) is 0 Å². The van der Waals surface area contributed by atoms with Gasteiger partial charge < -0.3 is 10.0 Å². The van der Waals surface area contributed by atoms with Crippen LogP contribution in [0.2, 0.25) is 0 Å². The van der Waals surface area contributed by atoms with Crippen LogP contribution >= 0.6 is 0 Å². The number of halogens is 1. The molecule has 1 N–H and O–H groups in total. The van der Waals surface area contributed by atoms with Crippen LogP contribution < -0.4 is 4.90 Å².